The average molecular weight is 683 g/mol. The van der Waals surface area contributed by atoms with Gasteiger partial charge in [-0.3, -0.25) is 9.59 Å². The van der Waals surface area contributed by atoms with Crippen molar-refractivity contribution >= 4 is 18.0 Å². The lowest BCUT2D eigenvalue weighted by molar-refractivity contribution is -0.141. The molecule has 4 aromatic rings. The number of fused-ring (bicyclic) bond motifs is 1. The van der Waals surface area contributed by atoms with E-state index >= 15 is 0 Å². The summed E-state index contributed by atoms with van der Waals surface area (Å²) in [6.45, 7) is 11.0. The second-order valence-corrected chi connectivity index (χ2v) is 13.9. The minimum atomic E-state index is -1.16. The van der Waals surface area contributed by atoms with Gasteiger partial charge in [0.1, 0.15) is 23.2 Å². The zero-order chi connectivity index (χ0) is 36.0. The first-order valence-electron chi connectivity index (χ1n) is 16.7. The van der Waals surface area contributed by atoms with Crippen molar-refractivity contribution in [2.24, 2.45) is 5.92 Å². The molecule has 1 unspecified atom stereocenters. The summed E-state index contributed by atoms with van der Waals surface area (Å²) in [6, 6.07) is 24.7. The molecule has 262 valence electrons. The van der Waals surface area contributed by atoms with Gasteiger partial charge in [0.25, 0.3) is 5.91 Å². The van der Waals surface area contributed by atoms with Crippen molar-refractivity contribution in [1.29, 1.82) is 0 Å². The summed E-state index contributed by atoms with van der Waals surface area (Å²) in [5.74, 6) is -1.79. The molecule has 50 heavy (non-hydrogen) atoms. The molecule has 2 amide bonds. The quantitative estimate of drug-likeness (QED) is 0.159. The first kappa shape index (κ1) is 35.9. The van der Waals surface area contributed by atoms with Gasteiger partial charge in [-0.15, -0.1) is 0 Å². The molecule has 1 atom stereocenters. The van der Waals surface area contributed by atoms with Crippen LogP contribution in [0.5, 0.6) is 17.2 Å². The predicted octanol–water partition coefficient (Wildman–Crippen LogP) is 8.37. The fraction of sp³-hybridized carbons (Fsp3) is 0.325. The van der Waals surface area contributed by atoms with E-state index in [2.05, 4.69) is 20.8 Å². The molecule has 0 spiro atoms. The molecule has 10 heteroatoms. The second-order valence-electron chi connectivity index (χ2n) is 13.9. The fourth-order valence-corrected chi connectivity index (χ4v) is 5.52. The standard InChI is InChI=1S/C40H43FN2O7/c1-26(2)25-48-39(47)42-21-20-27-6-7-29(22-30(27)23-42)37(44)43(50-35-16-10-31(11-17-35)40(3,4)5)24-36(38(45)46)28-8-14-33(15-9-28)49-34-18-12-32(41)13-19-34/h6-19,22,26,36H,20-21,23-25H2,1-5H3,(H,45,46). The maximum Gasteiger partial charge on any atom is 0.410 e. The SMILES string of the molecule is CC(C)COC(=O)N1CCc2ccc(C(=O)N(CC(C(=O)O)c3ccc(Oc4ccc(F)cc4)cc3)Oc3ccc(C(C)(C)C)cc3)cc2C1. The maximum atomic E-state index is 14.2. The largest absolute Gasteiger partial charge is 0.481 e. The van der Waals surface area contributed by atoms with Crippen LogP contribution in [0.3, 0.4) is 0 Å². The Hall–Kier alpha value is -5.38. The zero-order valence-electron chi connectivity index (χ0n) is 29.0. The second kappa shape index (κ2) is 15.4. The Balaban J connectivity index is 1.40. The molecule has 1 aliphatic rings. The number of halogens is 1. The van der Waals surface area contributed by atoms with Crippen molar-refractivity contribution in [2.75, 3.05) is 19.7 Å². The van der Waals surface area contributed by atoms with Crippen LogP contribution in [0, 0.1) is 11.7 Å². The first-order valence-corrected chi connectivity index (χ1v) is 16.7. The van der Waals surface area contributed by atoms with Gasteiger partial charge in [-0.25, -0.2) is 9.18 Å². The number of hydrogen-bond acceptors (Lipinski definition) is 6. The third kappa shape index (κ3) is 9.19. The van der Waals surface area contributed by atoms with E-state index in [4.69, 9.17) is 14.3 Å². The number of rotatable bonds is 11. The Morgan fingerprint density at radius 2 is 1.48 bits per heavy atom. The van der Waals surface area contributed by atoms with Gasteiger partial charge in [-0.2, -0.15) is 5.06 Å². The molecule has 1 heterocycles. The molecule has 0 aromatic heterocycles. The van der Waals surface area contributed by atoms with Crippen molar-refractivity contribution in [2.45, 2.75) is 58.9 Å². The van der Waals surface area contributed by atoms with Crippen LogP contribution in [-0.4, -0.2) is 52.7 Å². The highest BCUT2D eigenvalue weighted by Gasteiger charge is 2.30. The number of carboxylic acid groups (broad SMARTS) is 1. The molecule has 0 bridgehead atoms. The Bertz CT molecular complexity index is 1800. The minimum Gasteiger partial charge on any atom is -0.481 e. The molecule has 0 aliphatic carbocycles. The average Bonchev–Trinajstić information content (AvgIpc) is 3.09. The Morgan fingerprint density at radius 3 is 2.08 bits per heavy atom. The lowest BCUT2D eigenvalue weighted by atomic mass is 9.87. The summed E-state index contributed by atoms with van der Waals surface area (Å²) in [6.07, 6.45) is 0.214. The van der Waals surface area contributed by atoms with Crippen molar-refractivity contribution in [3.63, 3.8) is 0 Å². The van der Waals surface area contributed by atoms with E-state index in [0.29, 0.717) is 47.9 Å². The molecular formula is C40H43FN2O7. The number of hydroxylamine groups is 2. The van der Waals surface area contributed by atoms with Crippen LogP contribution in [-0.2, 0) is 27.9 Å². The van der Waals surface area contributed by atoms with Crippen LogP contribution in [0.1, 0.15) is 73.1 Å². The first-order chi connectivity index (χ1) is 23.8. The number of aliphatic carboxylic acids is 1. The van der Waals surface area contributed by atoms with Gasteiger partial charge >= 0.3 is 12.1 Å². The summed E-state index contributed by atoms with van der Waals surface area (Å²) in [5.41, 5.74) is 3.51. The van der Waals surface area contributed by atoms with Crippen LogP contribution in [0.25, 0.3) is 0 Å². The van der Waals surface area contributed by atoms with Crippen molar-refractivity contribution in [1.82, 2.24) is 9.96 Å². The highest BCUT2D eigenvalue weighted by atomic mass is 19.1. The number of benzene rings is 4. The predicted molar refractivity (Wildman–Crippen MR) is 187 cm³/mol. The van der Waals surface area contributed by atoms with Gasteiger partial charge in [-0.05, 0) is 101 Å². The van der Waals surface area contributed by atoms with E-state index in [1.165, 1.54) is 24.3 Å². The number of amides is 2. The number of carboxylic acids is 1. The zero-order valence-corrected chi connectivity index (χ0v) is 29.0. The van der Waals surface area contributed by atoms with E-state index in [0.717, 1.165) is 21.8 Å². The van der Waals surface area contributed by atoms with Gasteiger partial charge in [0.15, 0.2) is 5.75 Å². The number of carbonyl (C=O) groups is 3. The third-order valence-electron chi connectivity index (χ3n) is 8.40. The number of hydrogen-bond donors (Lipinski definition) is 1. The van der Waals surface area contributed by atoms with E-state index in [1.54, 1.807) is 53.4 Å². The normalized spacial score (nSPS) is 13.3. The molecular weight excluding hydrogens is 639 g/mol. The van der Waals surface area contributed by atoms with Crippen molar-refractivity contribution in [3.05, 3.63) is 125 Å². The molecule has 9 nitrogen and oxygen atoms in total. The van der Waals surface area contributed by atoms with Crippen molar-refractivity contribution < 1.29 is 38.2 Å². The number of carbonyl (C=O) groups excluding carboxylic acids is 2. The van der Waals surface area contributed by atoms with Crippen LogP contribution >= 0.6 is 0 Å². The summed E-state index contributed by atoms with van der Waals surface area (Å²) in [7, 11) is 0. The van der Waals surface area contributed by atoms with Crippen molar-refractivity contribution in [3.8, 4) is 17.2 Å². The third-order valence-corrected chi connectivity index (χ3v) is 8.40. The van der Waals surface area contributed by atoms with Crippen LogP contribution in [0.2, 0.25) is 0 Å². The summed E-state index contributed by atoms with van der Waals surface area (Å²) >= 11 is 0. The number of nitrogens with zero attached hydrogens (tertiary/aromatic N) is 2. The highest BCUT2D eigenvalue weighted by Crippen LogP contribution is 2.29. The molecule has 1 N–H and O–H groups in total. The van der Waals surface area contributed by atoms with Crippen LogP contribution in [0.15, 0.2) is 91.0 Å². The molecule has 0 saturated carbocycles. The van der Waals surface area contributed by atoms with E-state index in [9.17, 15) is 23.9 Å². The Kier molecular flexibility index (Phi) is 11.1. The number of ether oxygens (including phenoxy) is 2. The van der Waals surface area contributed by atoms with Crippen LogP contribution < -0.4 is 9.57 Å². The lowest BCUT2D eigenvalue weighted by Crippen LogP contribution is -2.40. The van der Waals surface area contributed by atoms with E-state index in [1.807, 2.05) is 32.0 Å². The molecule has 0 saturated heterocycles. The van der Waals surface area contributed by atoms with Crippen LogP contribution in [0.4, 0.5) is 9.18 Å². The van der Waals surface area contributed by atoms with E-state index < -0.39 is 23.9 Å². The smallest absolute Gasteiger partial charge is 0.410 e. The summed E-state index contributed by atoms with van der Waals surface area (Å²) < 4.78 is 24.5. The van der Waals surface area contributed by atoms with Gasteiger partial charge in [-0.1, -0.05) is 65.0 Å². The lowest BCUT2D eigenvalue weighted by Gasteiger charge is -2.29. The monoisotopic (exact) mass is 682 g/mol. The minimum absolute atomic E-state index is 0.104. The molecule has 5 rings (SSSR count). The molecule has 4 aromatic carbocycles. The molecule has 0 radical (unpaired) electrons. The van der Waals surface area contributed by atoms with Gasteiger partial charge in [0.05, 0.1) is 13.2 Å². The Labute approximate surface area is 292 Å². The van der Waals surface area contributed by atoms with E-state index in [-0.39, 0.29) is 30.2 Å². The Morgan fingerprint density at radius 1 is 0.860 bits per heavy atom. The fourth-order valence-electron chi connectivity index (χ4n) is 5.52. The van der Waals surface area contributed by atoms with Gasteiger partial charge in [0.2, 0.25) is 0 Å². The molecule has 1 aliphatic heterocycles. The summed E-state index contributed by atoms with van der Waals surface area (Å²) in [4.78, 5) is 47.3. The topological polar surface area (TPSA) is 106 Å². The molecule has 0 fully saturated rings. The van der Waals surface area contributed by atoms with Gasteiger partial charge < -0.3 is 24.3 Å². The van der Waals surface area contributed by atoms with Gasteiger partial charge in [0, 0.05) is 18.7 Å². The maximum absolute atomic E-state index is 14.2. The highest BCUT2D eigenvalue weighted by molar-refractivity contribution is 5.94. The summed E-state index contributed by atoms with van der Waals surface area (Å²) in [5, 5.41) is 11.4.